The highest BCUT2D eigenvalue weighted by Gasteiger charge is 2.33. The van der Waals surface area contributed by atoms with Gasteiger partial charge in [0.25, 0.3) is 5.56 Å². The van der Waals surface area contributed by atoms with Crippen molar-refractivity contribution in [2.75, 3.05) is 56.2 Å². The highest BCUT2D eigenvalue weighted by atomic mass is 19.1. The third-order valence-corrected chi connectivity index (χ3v) is 5.27. The second kappa shape index (κ2) is 8.71. The molecule has 9 heteroatoms. The Hall–Kier alpha value is -2.78. The Bertz CT molecular complexity index is 911. The summed E-state index contributed by atoms with van der Waals surface area (Å²) < 4.78 is 18.5. The first-order chi connectivity index (χ1) is 14.1. The second-order valence-electron chi connectivity index (χ2n) is 7.28. The minimum Gasteiger partial charge on any atom is -0.379 e. The molecule has 2 N–H and O–H groups in total. The molecule has 1 amide bonds. The van der Waals surface area contributed by atoms with Gasteiger partial charge in [-0.15, -0.1) is 0 Å². The van der Waals surface area contributed by atoms with E-state index >= 15 is 0 Å². The smallest absolute Gasteiger partial charge is 0.252 e. The van der Waals surface area contributed by atoms with Crippen molar-refractivity contribution in [3.05, 3.63) is 52.2 Å². The standard InChI is InChI=1S/C20H24FN5O3/c21-15-1-3-16(4-2-15)26-13-14(11-19(26)28)17-12-18(27)24-20(23-17)22-5-6-25-7-9-29-10-8-25/h1-4,12,14H,5-11,13H2,(H2,22,23,24,27)/t14-/m0/s1. The molecule has 29 heavy (non-hydrogen) atoms. The second-order valence-corrected chi connectivity index (χ2v) is 7.28. The van der Waals surface area contributed by atoms with Gasteiger partial charge in [0.05, 0.1) is 18.9 Å². The molecule has 4 rings (SSSR count). The van der Waals surface area contributed by atoms with Gasteiger partial charge in [0.1, 0.15) is 5.82 Å². The lowest BCUT2D eigenvalue weighted by atomic mass is 10.0. The normalized spacial score (nSPS) is 20.2. The van der Waals surface area contributed by atoms with Gasteiger partial charge in [-0.2, -0.15) is 0 Å². The lowest BCUT2D eigenvalue weighted by Gasteiger charge is -2.26. The van der Waals surface area contributed by atoms with Crippen LogP contribution in [0, 0.1) is 5.82 Å². The first-order valence-electron chi connectivity index (χ1n) is 9.79. The Balaban J connectivity index is 1.41. The molecule has 1 atom stereocenters. The molecule has 1 aromatic carbocycles. The number of rotatable bonds is 6. The van der Waals surface area contributed by atoms with Crippen molar-refractivity contribution in [1.29, 1.82) is 0 Å². The number of aromatic nitrogens is 2. The minimum absolute atomic E-state index is 0.0643. The minimum atomic E-state index is -0.346. The number of nitrogens with zero attached hydrogens (tertiary/aromatic N) is 3. The van der Waals surface area contributed by atoms with Crippen molar-refractivity contribution >= 4 is 17.5 Å². The van der Waals surface area contributed by atoms with Crippen LogP contribution in [0.15, 0.2) is 35.1 Å². The van der Waals surface area contributed by atoms with E-state index in [1.807, 2.05) is 0 Å². The van der Waals surface area contributed by atoms with Gasteiger partial charge in [0.2, 0.25) is 11.9 Å². The molecule has 0 bridgehead atoms. The molecule has 2 aliphatic heterocycles. The van der Waals surface area contributed by atoms with E-state index < -0.39 is 0 Å². The fourth-order valence-electron chi connectivity index (χ4n) is 3.70. The van der Waals surface area contributed by atoms with Crippen molar-refractivity contribution in [3.63, 3.8) is 0 Å². The van der Waals surface area contributed by atoms with Crippen molar-refractivity contribution in [3.8, 4) is 0 Å². The highest BCUT2D eigenvalue weighted by Crippen LogP contribution is 2.30. The lowest BCUT2D eigenvalue weighted by Crippen LogP contribution is -2.39. The average Bonchev–Trinajstić information content (AvgIpc) is 3.11. The maximum Gasteiger partial charge on any atom is 0.252 e. The highest BCUT2D eigenvalue weighted by molar-refractivity contribution is 5.96. The average molecular weight is 401 g/mol. The number of anilines is 2. The fourth-order valence-corrected chi connectivity index (χ4v) is 3.70. The number of aromatic amines is 1. The summed E-state index contributed by atoms with van der Waals surface area (Å²) in [5.74, 6) is -0.186. The Morgan fingerprint density at radius 1 is 1.21 bits per heavy atom. The molecule has 154 valence electrons. The van der Waals surface area contributed by atoms with Crippen LogP contribution >= 0.6 is 0 Å². The number of amides is 1. The molecule has 2 saturated heterocycles. The van der Waals surface area contributed by atoms with Crippen LogP contribution in [0.4, 0.5) is 16.0 Å². The molecule has 0 spiro atoms. The summed E-state index contributed by atoms with van der Waals surface area (Å²) in [6.07, 6.45) is 0.265. The van der Waals surface area contributed by atoms with Crippen molar-refractivity contribution in [2.45, 2.75) is 12.3 Å². The summed E-state index contributed by atoms with van der Waals surface area (Å²) in [4.78, 5) is 35.7. The molecule has 2 aliphatic rings. The summed E-state index contributed by atoms with van der Waals surface area (Å²) in [5.41, 5.74) is 0.977. The van der Waals surface area contributed by atoms with Gasteiger partial charge in [0, 0.05) is 56.8 Å². The Morgan fingerprint density at radius 2 is 1.97 bits per heavy atom. The first kappa shape index (κ1) is 19.5. The SMILES string of the molecule is O=C1C[C@H](c2cc(=O)[nH]c(NCCN3CCOCC3)n2)CN1c1ccc(F)cc1. The number of ether oxygens (including phenoxy) is 1. The Morgan fingerprint density at radius 3 is 2.72 bits per heavy atom. The topological polar surface area (TPSA) is 90.6 Å². The molecule has 8 nitrogen and oxygen atoms in total. The largest absolute Gasteiger partial charge is 0.379 e. The molecule has 0 saturated carbocycles. The van der Waals surface area contributed by atoms with E-state index in [1.165, 1.54) is 18.2 Å². The molecule has 0 aliphatic carbocycles. The molecule has 1 aromatic heterocycles. The van der Waals surface area contributed by atoms with Crippen LogP contribution in [-0.4, -0.2) is 66.7 Å². The van der Waals surface area contributed by atoms with Crippen LogP contribution in [0.5, 0.6) is 0 Å². The molecule has 3 heterocycles. The van der Waals surface area contributed by atoms with Crippen molar-refractivity contribution in [2.24, 2.45) is 0 Å². The van der Waals surface area contributed by atoms with Gasteiger partial charge in [-0.3, -0.25) is 19.5 Å². The van der Waals surface area contributed by atoms with E-state index in [0.29, 0.717) is 30.4 Å². The molecule has 0 radical (unpaired) electrons. The Labute approximate surface area is 167 Å². The van der Waals surface area contributed by atoms with E-state index in [2.05, 4.69) is 20.2 Å². The number of nitrogens with one attached hydrogen (secondary N) is 2. The predicted molar refractivity (Wildman–Crippen MR) is 107 cm³/mol. The monoisotopic (exact) mass is 401 g/mol. The maximum atomic E-state index is 13.2. The molecule has 2 aromatic rings. The third-order valence-electron chi connectivity index (χ3n) is 5.27. The summed E-state index contributed by atoms with van der Waals surface area (Å²) in [7, 11) is 0. The van der Waals surface area contributed by atoms with Crippen LogP contribution in [-0.2, 0) is 9.53 Å². The van der Waals surface area contributed by atoms with Gasteiger partial charge in [0.15, 0.2) is 0 Å². The van der Waals surface area contributed by atoms with Crippen LogP contribution in [0.25, 0.3) is 0 Å². The molecule has 2 fully saturated rings. The number of carbonyl (C=O) groups is 1. The quantitative estimate of drug-likeness (QED) is 0.755. The van der Waals surface area contributed by atoms with Gasteiger partial charge < -0.3 is 15.0 Å². The Kier molecular flexibility index (Phi) is 5.86. The number of benzene rings is 1. The summed E-state index contributed by atoms with van der Waals surface area (Å²) in [6.45, 7) is 5.17. The van der Waals surface area contributed by atoms with E-state index in [9.17, 15) is 14.0 Å². The predicted octanol–water partition coefficient (Wildman–Crippen LogP) is 1.17. The summed E-state index contributed by atoms with van der Waals surface area (Å²) in [6, 6.07) is 7.27. The van der Waals surface area contributed by atoms with E-state index in [-0.39, 0.29) is 29.6 Å². The van der Waals surface area contributed by atoms with Crippen LogP contribution in [0.2, 0.25) is 0 Å². The summed E-state index contributed by atoms with van der Waals surface area (Å²) in [5, 5.41) is 3.17. The number of halogens is 1. The molecule has 0 unspecified atom stereocenters. The fraction of sp³-hybridized carbons (Fsp3) is 0.450. The zero-order chi connectivity index (χ0) is 20.2. The van der Waals surface area contributed by atoms with Gasteiger partial charge in [-0.25, -0.2) is 9.37 Å². The van der Waals surface area contributed by atoms with Crippen LogP contribution in [0.3, 0.4) is 0 Å². The van der Waals surface area contributed by atoms with E-state index in [4.69, 9.17) is 4.74 Å². The van der Waals surface area contributed by atoms with Gasteiger partial charge in [-0.1, -0.05) is 0 Å². The lowest BCUT2D eigenvalue weighted by molar-refractivity contribution is -0.117. The van der Waals surface area contributed by atoms with Gasteiger partial charge >= 0.3 is 0 Å². The number of H-pyrrole nitrogens is 1. The van der Waals surface area contributed by atoms with Crippen molar-refractivity contribution < 1.29 is 13.9 Å². The van der Waals surface area contributed by atoms with Crippen molar-refractivity contribution in [1.82, 2.24) is 14.9 Å². The maximum absolute atomic E-state index is 13.2. The van der Waals surface area contributed by atoms with Crippen LogP contribution < -0.4 is 15.8 Å². The molecular formula is C20H24FN5O3. The first-order valence-corrected chi connectivity index (χ1v) is 9.79. The zero-order valence-corrected chi connectivity index (χ0v) is 16.1. The van der Waals surface area contributed by atoms with E-state index in [0.717, 1.165) is 32.8 Å². The third kappa shape index (κ3) is 4.80. The number of hydrogen-bond acceptors (Lipinski definition) is 6. The van der Waals surface area contributed by atoms with Crippen LogP contribution in [0.1, 0.15) is 18.0 Å². The molecular weight excluding hydrogens is 377 g/mol. The summed E-state index contributed by atoms with van der Waals surface area (Å²) >= 11 is 0. The van der Waals surface area contributed by atoms with E-state index in [1.54, 1.807) is 17.0 Å². The number of hydrogen-bond donors (Lipinski definition) is 2. The zero-order valence-electron chi connectivity index (χ0n) is 16.1. The van der Waals surface area contributed by atoms with Gasteiger partial charge in [-0.05, 0) is 24.3 Å². The number of carbonyl (C=O) groups excluding carboxylic acids is 1. The number of morpholine rings is 1.